The number of nitrogen functional groups attached to an aromatic ring is 1. The summed E-state index contributed by atoms with van der Waals surface area (Å²) < 4.78 is 0. The summed E-state index contributed by atoms with van der Waals surface area (Å²) in [6.07, 6.45) is -0.741. The lowest BCUT2D eigenvalue weighted by molar-refractivity contribution is -0.128. The fraction of sp³-hybridized carbons (Fsp3) is 0.250. The Bertz CT molecular complexity index is 1140. The molecular weight excluding hydrogens is 506 g/mol. The topological polar surface area (TPSA) is 161 Å². The van der Waals surface area contributed by atoms with E-state index in [0.717, 1.165) is 11.1 Å². The van der Waals surface area contributed by atoms with Gasteiger partial charge in [-0.05, 0) is 29.7 Å². The summed E-state index contributed by atoms with van der Waals surface area (Å²) in [5, 5.41) is 35.3. The minimum atomic E-state index is -1.42. The molecule has 9 nitrogen and oxygen atoms in total. The van der Waals surface area contributed by atoms with Gasteiger partial charge in [0.2, 0.25) is 11.8 Å². The third-order valence-electron chi connectivity index (χ3n) is 5.93. The first-order valence-electron chi connectivity index (χ1n) is 12.0. The summed E-state index contributed by atoms with van der Waals surface area (Å²) in [7, 11) is 0. The average molecular weight is 540 g/mol. The maximum atomic E-state index is 12.7. The number of carbonyl (C=O) groups is 2. The SMILES string of the molecule is Cl.N=C(N)c1cccc(NC(C(=O)NCC(=O)NCCC(c2ccccc2)c2ccccc2)C(O)CO)c1. The third-order valence-corrected chi connectivity index (χ3v) is 5.93. The molecule has 0 fully saturated rings. The fourth-order valence-electron chi connectivity index (χ4n) is 3.99. The zero-order valence-corrected chi connectivity index (χ0v) is 21.7. The molecule has 0 spiro atoms. The third kappa shape index (κ3) is 8.88. The molecule has 0 bridgehead atoms. The van der Waals surface area contributed by atoms with Gasteiger partial charge >= 0.3 is 0 Å². The van der Waals surface area contributed by atoms with Crippen LogP contribution in [0.25, 0.3) is 0 Å². The first-order valence-corrected chi connectivity index (χ1v) is 12.0. The molecule has 0 aromatic heterocycles. The normalized spacial score (nSPS) is 12.1. The minimum absolute atomic E-state index is 0. The van der Waals surface area contributed by atoms with Gasteiger partial charge in [0.1, 0.15) is 18.0 Å². The van der Waals surface area contributed by atoms with E-state index < -0.39 is 24.7 Å². The van der Waals surface area contributed by atoms with Gasteiger partial charge in [0.05, 0.1) is 13.2 Å². The fourth-order valence-corrected chi connectivity index (χ4v) is 3.99. The van der Waals surface area contributed by atoms with Crippen molar-refractivity contribution in [1.29, 1.82) is 5.41 Å². The molecule has 2 atom stereocenters. The molecule has 38 heavy (non-hydrogen) atoms. The number of nitrogens with one attached hydrogen (secondary N) is 4. The molecule has 2 amide bonds. The summed E-state index contributed by atoms with van der Waals surface area (Å²) >= 11 is 0. The van der Waals surface area contributed by atoms with E-state index in [2.05, 4.69) is 40.2 Å². The highest BCUT2D eigenvalue weighted by Gasteiger charge is 2.27. The van der Waals surface area contributed by atoms with Crippen LogP contribution in [0.3, 0.4) is 0 Å². The van der Waals surface area contributed by atoms with Gasteiger partial charge in [-0.1, -0.05) is 72.8 Å². The Morgan fingerprint density at radius 3 is 2.05 bits per heavy atom. The zero-order chi connectivity index (χ0) is 26.6. The number of aliphatic hydroxyl groups excluding tert-OH is 2. The smallest absolute Gasteiger partial charge is 0.245 e. The molecule has 0 radical (unpaired) electrons. The van der Waals surface area contributed by atoms with Gasteiger partial charge in [-0.25, -0.2) is 0 Å². The number of hydrogen-bond donors (Lipinski definition) is 7. The molecule has 2 unspecified atom stereocenters. The highest BCUT2D eigenvalue weighted by atomic mass is 35.5. The monoisotopic (exact) mass is 539 g/mol. The number of halogens is 1. The van der Waals surface area contributed by atoms with Crippen molar-refractivity contribution in [2.75, 3.05) is 25.0 Å². The molecule has 3 rings (SSSR count). The average Bonchev–Trinajstić information content (AvgIpc) is 2.93. The lowest BCUT2D eigenvalue weighted by atomic mass is 9.88. The Kier molecular flexibility index (Phi) is 12.2. The van der Waals surface area contributed by atoms with Crippen molar-refractivity contribution in [2.45, 2.75) is 24.5 Å². The van der Waals surface area contributed by atoms with E-state index in [1.54, 1.807) is 24.3 Å². The Morgan fingerprint density at radius 1 is 0.895 bits per heavy atom. The summed E-state index contributed by atoms with van der Waals surface area (Å²) in [5.74, 6) is -1.07. The Labute approximate surface area is 228 Å². The molecule has 3 aromatic rings. The van der Waals surface area contributed by atoms with Gasteiger partial charge in [0, 0.05) is 23.7 Å². The van der Waals surface area contributed by atoms with Crippen LogP contribution in [0.1, 0.15) is 29.0 Å². The van der Waals surface area contributed by atoms with E-state index in [1.807, 2.05) is 36.4 Å². The van der Waals surface area contributed by atoms with Crippen molar-refractivity contribution in [1.82, 2.24) is 10.6 Å². The van der Waals surface area contributed by atoms with Crippen LogP contribution in [0.4, 0.5) is 5.69 Å². The second-order valence-corrected chi connectivity index (χ2v) is 8.60. The van der Waals surface area contributed by atoms with E-state index >= 15 is 0 Å². The maximum absolute atomic E-state index is 12.7. The largest absolute Gasteiger partial charge is 0.394 e. The molecule has 0 aliphatic heterocycles. The second-order valence-electron chi connectivity index (χ2n) is 8.60. The number of aliphatic hydroxyl groups is 2. The Morgan fingerprint density at radius 2 is 1.50 bits per heavy atom. The predicted molar refractivity (Wildman–Crippen MR) is 151 cm³/mol. The molecule has 0 aliphatic rings. The number of carbonyl (C=O) groups excluding carboxylic acids is 2. The lowest BCUT2D eigenvalue weighted by Gasteiger charge is -2.23. The van der Waals surface area contributed by atoms with Crippen LogP contribution in [-0.2, 0) is 9.59 Å². The summed E-state index contributed by atoms with van der Waals surface area (Å²) in [4.78, 5) is 25.2. The van der Waals surface area contributed by atoms with Crippen molar-refractivity contribution >= 4 is 35.7 Å². The van der Waals surface area contributed by atoms with Crippen LogP contribution in [0.2, 0.25) is 0 Å². The quantitative estimate of drug-likeness (QED) is 0.130. The van der Waals surface area contributed by atoms with E-state index in [4.69, 9.17) is 11.1 Å². The van der Waals surface area contributed by atoms with E-state index in [0.29, 0.717) is 24.2 Å². The first kappa shape index (κ1) is 30.3. The van der Waals surface area contributed by atoms with Crippen molar-refractivity contribution < 1.29 is 19.8 Å². The number of benzene rings is 3. The van der Waals surface area contributed by atoms with Crippen LogP contribution >= 0.6 is 12.4 Å². The zero-order valence-electron chi connectivity index (χ0n) is 20.8. The molecule has 10 heteroatoms. The van der Waals surface area contributed by atoms with Gasteiger partial charge in [-0.3, -0.25) is 15.0 Å². The van der Waals surface area contributed by atoms with Gasteiger partial charge in [-0.15, -0.1) is 12.4 Å². The van der Waals surface area contributed by atoms with Gasteiger partial charge in [-0.2, -0.15) is 0 Å². The Balaban J connectivity index is 0.00000507. The number of rotatable bonds is 13. The van der Waals surface area contributed by atoms with Gasteiger partial charge in [0.15, 0.2) is 0 Å². The van der Waals surface area contributed by atoms with Crippen molar-refractivity contribution in [3.05, 3.63) is 102 Å². The molecule has 3 aromatic carbocycles. The van der Waals surface area contributed by atoms with Crippen molar-refractivity contribution in [2.24, 2.45) is 5.73 Å². The van der Waals surface area contributed by atoms with Crippen LogP contribution < -0.4 is 21.7 Å². The van der Waals surface area contributed by atoms with Crippen LogP contribution in [-0.4, -0.2) is 59.7 Å². The lowest BCUT2D eigenvalue weighted by Crippen LogP contribution is -2.50. The molecule has 0 saturated carbocycles. The van der Waals surface area contributed by atoms with Crippen molar-refractivity contribution in [3.63, 3.8) is 0 Å². The molecule has 202 valence electrons. The van der Waals surface area contributed by atoms with E-state index in [9.17, 15) is 19.8 Å². The molecule has 8 N–H and O–H groups in total. The molecule has 0 aliphatic carbocycles. The first-order chi connectivity index (χ1) is 17.9. The summed E-state index contributed by atoms with van der Waals surface area (Å²) in [6.45, 7) is -0.546. The highest BCUT2D eigenvalue weighted by Crippen LogP contribution is 2.27. The molecule has 0 heterocycles. The minimum Gasteiger partial charge on any atom is -0.394 e. The van der Waals surface area contributed by atoms with Gasteiger partial charge < -0.3 is 31.9 Å². The van der Waals surface area contributed by atoms with Crippen LogP contribution in [0.15, 0.2) is 84.9 Å². The highest BCUT2D eigenvalue weighted by molar-refractivity contribution is 5.96. The van der Waals surface area contributed by atoms with E-state index in [1.165, 1.54) is 0 Å². The van der Waals surface area contributed by atoms with Gasteiger partial charge in [0.25, 0.3) is 0 Å². The number of amides is 2. The van der Waals surface area contributed by atoms with Crippen molar-refractivity contribution in [3.8, 4) is 0 Å². The number of hydrogen-bond acceptors (Lipinski definition) is 6. The number of amidine groups is 1. The van der Waals surface area contributed by atoms with Crippen LogP contribution in [0.5, 0.6) is 0 Å². The summed E-state index contributed by atoms with van der Waals surface area (Å²) in [6, 6.07) is 25.4. The number of nitrogens with two attached hydrogens (primary N) is 1. The predicted octanol–water partition coefficient (Wildman–Crippen LogP) is 1.98. The number of anilines is 1. The molecular formula is C28H34ClN5O4. The maximum Gasteiger partial charge on any atom is 0.245 e. The van der Waals surface area contributed by atoms with E-state index in [-0.39, 0.29) is 36.6 Å². The second kappa shape index (κ2) is 15.4. The standard InChI is InChI=1S/C28H33N5O4.ClH/c29-27(30)21-12-7-13-22(16-21)33-26(24(35)18-34)28(37)32-17-25(36)31-15-14-23(19-8-3-1-4-9-19)20-10-5-2-6-11-20;/h1-13,16,23-24,26,33-35H,14-15,17-18H2,(H3,29,30)(H,31,36)(H,32,37);1H. The Hall–Kier alpha value is -3.92. The molecule has 0 saturated heterocycles. The summed E-state index contributed by atoms with van der Waals surface area (Å²) in [5.41, 5.74) is 8.67. The van der Waals surface area contributed by atoms with Crippen LogP contribution in [0, 0.1) is 5.41 Å².